The van der Waals surface area contributed by atoms with Crippen LogP contribution >= 0.6 is 0 Å². The summed E-state index contributed by atoms with van der Waals surface area (Å²) in [5.41, 5.74) is 1.08. The first kappa shape index (κ1) is 122. The quantitative estimate of drug-likeness (QED) is 0.0292. The fourth-order valence-electron chi connectivity index (χ4n) is 13.9. The monoisotopic (exact) mass is 1960 g/mol. The highest BCUT2D eigenvalue weighted by molar-refractivity contribution is 6.05. The first-order chi connectivity index (χ1) is 63.6. The van der Waals surface area contributed by atoms with Gasteiger partial charge in [-0.1, -0.05) is 78.8 Å². The molecule has 0 aromatic heterocycles. The number of carbonyl (C=O) groups excluding carboxylic acids is 23. The van der Waals surface area contributed by atoms with Crippen LogP contribution in [-0.4, -0.2) is 276 Å². The topological polar surface area (TPSA) is 723 Å². The molecule has 11 atom stereocenters. The van der Waals surface area contributed by atoms with Gasteiger partial charge in [-0.2, -0.15) is 0 Å². The molecule has 23 amide bonds. The van der Waals surface area contributed by atoms with Gasteiger partial charge in [0.05, 0.1) is 19.2 Å². The van der Waals surface area contributed by atoms with E-state index in [1.54, 1.807) is 71.9 Å². The number of likely N-dealkylation sites (tertiary alicyclic amines) is 1. The molecule has 0 unspecified atom stereocenters. The Morgan fingerprint density at radius 2 is 0.755 bits per heavy atom. The van der Waals surface area contributed by atoms with E-state index in [4.69, 9.17) is 17.2 Å². The van der Waals surface area contributed by atoms with Gasteiger partial charge in [-0.25, -0.2) is 0 Å². The molecule has 1 aliphatic rings. The Bertz CT molecular complexity index is 4680. The standard InChI is InChI=1S/C92H153N23O24/c1-28-92(27,82(138)103-56(37-40-61(94)119)69(125)101-55(36-39-60(93)118)68(124)99-54(46-116)44-53-33-30-29-31-34-53)114-81(137)90(23,24)112-73(129)64(48(4)5)104-72(128)59-35-32-42-115(59)83(139)91(25,26)110-71(127)58(43-47(2)3)100-63(121)45-96-75(131)84(11,12)111-74(130)65(49(6)7)105-79(135)87(17,18)109-70(126)57(38-41-62(95)120)102-78(134)88(19,20)113-80(136)89(21,22)108-67(123)51(9)98-77(133)86(15,16)107-66(122)50(8)97-76(132)85(13,14)106-52(10)117/h29-31,33-34,47-51,54-59,64-65,116H,28,32,35-46H2,1-27H3,(H2,93,118)(H2,94,119)(H2,95,120)(H,96,131)(H,97,132)(H,98,133)(H,99,124)(H,100,121)(H,101,125)(H,102,134)(H,103,138)(H,104,128)(H,105,135)(H,106,117)(H,107,122)(H,108,123)(H,109,126)(H,110,127)(H,111,130)(H,112,129)(H,113,136)(H,114,137)/t50-,51+,54+,55-,56-,57-,58-,59+,64+,65-,92+/m0/s1. The molecule has 0 bridgehead atoms. The van der Waals surface area contributed by atoms with Crippen molar-refractivity contribution in [1.82, 2.24) is 106 Å². The van der Waals surface area contributed by atoms with E-state index in [-0.39, 0.29) is 51.0 Å². The lowest BCUT2D eigenvalue weighted by atomic mass is 9.93. The molecule has 780 valence electrons. The molecule has 47 heteroatoms. The lowest BCUT2D eigenvalue weighted by Crippen LogP contribution is -2.67. The maximum absolute atomic E-state index is 14.6. The number of nitrogens with one attached hydrogen (secondary N) is 19. The molecule has 1 saturated heterocycles. The molecule has 1 aliphatic heterocycles. The Morgan fingerprint density at radius 1 is 0.388 bits per heavy atom. The molecule has 1 heterocycles. The van der Waals surface area contributed by atoms with Crippen LogP contribution in [0.1, 0.15) is 257 Å². The number of aliphatic hydroxyl groups excluding tert-OH is 1. The van der Waals surface area contributed by atoms with Gasteiger partial charge in [0.15, 0.2) is 0 Å². The fourth-order valence-corrected chi connectivity index (χ4v) is 13.9. The van der Waals surface area contributed by atoms with Crippen molar-refractivity contribution in [2.45, 2.75) is 368 Å². The minimum absolute atomic E-state index is 0.00549. The summed E-state index contributed by atoms with van der Waals surface area (Å²) in [6, 6.07) is -4.43. The zero-order valence-electron chi connectivity index (χ0n) is 85.3. The van der Waals surface area contributed by atoms with Crippen molar-refractivity contribution in [3.05, 3.63) is 35.9 Å². The molecule has 0 spiro atoms. The van der Waals surface area contributed by atoms with Gasteiger partial charge in [0.25, 0.3) is 0 Å². The fraction of sp³-hybridized carbons (Fsp3) is 0.685. The Hall–Kier alpha value is -13.0. The molecule has 1 fully saturated rings. The minimum Gasteiger partial charge on any atom is -0.394 e. The van der Waals surface area contributed by atoms with E-state index in [0.717, 1.165) is 5.56 Å². The molecule has 47 nitrogen and oxygen atoms in total. The second kappa shape index (κ2) is 51.6. The van der Waals surface area contributed by atoms with Crippen LogP contribution < -0.4 is 118 Å². The van der Waals surface area contributed by atoms with Crippen molar-refractivity contribution in [3.63, 3.8) is 0 Å². The molecule has 26 N–H and O–H groups in total. The molecule has 139 heavy (non-hydrogen) atoms. The van der Waals surface area contributed by atoms with Crippen LogP contribution in [0.5, 0.6) is 0 Å². The molecule has 1 aromatic rings. The number of primary amides is 3. The Morgan fingerprint density at radius 3 is 1.19 bits per heavy atom. The van der Waals surface area contributed by atoms with E-state index in [9.17, 15) is 115 Å². The van der Waals surface area contributed by atoms with E-state index in [0.29, 0.717) is 6.42 Å². The zero-order chi connectivity index (χ0) is 107. The molecule has 0 radical (unpaired) electrons. The van der Waals surface area contributed by atoms with Crippen LogP contribution in [0.15, 0.2) is 30.3 Å². The van der Waals surface area contributed by atoms with Gasteiger partial charge in [0.2, 0.25) is 136 Å². The molecule has 0 aliphatic carbocycles. The predicted molar refractivity (Wildman–Crippen MR) is 508 cm³/mol. The molecule has 2 rings (SSSR count). The predicted octanol–water partition coefficient (Wildman–Crippen LogP) is -4.65. The number of rotatable bonds is 55. The summed E-state index contributed by atoms with van der Waals surface area (Å²) >= 11 is 0. The minimum atomic E-state index is -1.92. The van der Waals surface area contributed by atoms with E-state index in [2.05, 4.69) is 101 Å². The van der Waals surface area contributed by atoms with Crippen LogP contribution in [0.3, 0.4) is 0 Å². The lowest BCUT2D eigenvalue weighted by Gasteiger charge is -2.36. The highest BCUT2D eigenvalue weighted by atomic mass is 16.3. The average molecular weight is 1970 g/mol. The summed E-state index contributed by atoms with van der Waals surface area (Å²) in [6.07, 6.45) is -1.93. The summed E-state index contributed by atoms with van der Waals surface area (Å²) in [7, 11) is 0. The third-order valence-electron chi connectivity index (χ3n) is 23.0. The molecular weight excluding hydrogens is 1810 g/mol. The number of amides is 23. The van der Waals surface area contributed by atoms with E-state index in [1.165, 1.54) is 150 Å². The number of nitrogens with zero attached hydrogens (tertiary/aromatic N) is 1. The Balaban J connectivity index is 2.20. The Labute approximate surface area is 812 Å². The number of carbonyl (C=O) groups is 23. The van der Waals surface area contributed by atoms with E-state index < -0.39 is 297 Å². The SMILES string of the molecule is CC[C@@](C)(NC(=O)C(C)(C)NC(=O)[C@H](NC(=O)[C@H]1CCCN1C(=O)C(C)(C)NC(=O)[C@H](CC(C)C)NC(=O)CNC(=O)C(C)(C)NC(=O)[C@@H](NC(=O)C(C)(C)NC(=O)[C@H](CCC(N)=O)NC(=O)C(C)(C)NC(=O)C(C)(C)NC(=O)[C@@H](C)NC(=O)C(C)(C)NC(=O)[C@H](C)NC(=O)C(C)(C)NC(C)=O)C(C)C)C(C)C)C(=O)N[C@@H](CCC(N)=O)C(=O)N[C@@H](CCC(N)=O)C(=O)N[C@@H](CO)Cc1ccccc1. The largest absolute Gasteiger partial charge is 0.394 e. The van der Waals surface area contributed by atoms with Crippen LogP contribution in [0.25, 0.3) is 0 Å². The van der Waals surface area contributed by atoms with Gasteiger partial charge in [0.1, 0.15) is 104 Å². The van der Waals surface area contributed by atoms with Crippen molar-refractivity contribution in [1.29, 1.82) is 0 Å². The molecule has 0 saturated carbocycles. The first-order valence-corrected chi connectivity index (χ1v) is 46.3. The second-order valence-electron chi connectivity index (χ2n) is 40.8. The molecule has 1 aromatic carbocycles. The van der Waals surface area contributed by atoms with Gasteiger partial charge < -0.3 is 128 Å². The first-order valence-electron chi connectivity index (χ1n) is 46.3. The van der Waals surface area contributed by atoms with Gasteiger partial charge in [0, 0.05) is 32.7 Å². The lowest BCUT2D eigenvalue weighted by molar-refractivity contribution is -0.146. The third kappa shape index (κ3) is 38.7. The highest BCUT2D eigenvalue weighted by Gasteiger charge is 2.49. The molecular formula is C92H153N23O24. The zero-order valence-corrected chi connectivity index (χ0v) is 85.3. The van der Waals surface area contributed by atoms with Crippen LogP contribution in [0, 0.1) is 17.8 Å². The van der Waals surface area contributed by atoms with Crippen LogP contribution in [0.2, 0.25) is 0 Å². The summed E-state index contributed by atoms with van der Waals surface area (Å²) in [5, 5.41) is 58.5. The van der Waals surface area contributed by atoms with Crippen molar-refractivity contribution in [2.24, 2.45) is 35.0 Å². The number of hydrogen-bond donors (Lipinski definition) is 23. The average Bonchev–Trinajstić information content (AvgIpc) is 1.76. The van der Waals surface area contributed by atoms with E-state index in [1.807, 2.05) is 0 Å². The second-order valence-corrected chi connectivity index (χ2v) is 40.8. The summed E-state index contributed by atoms with van der Waals surface area (Å²) in [4.78, 5) is 314. The van der Waals surface area contributed by atoms with E-state index >= 15 is 0 Å². The summed E-state index contributed by atoms with van der Waals surface area (Å²) in [5.74, 6) is -21.4. The van der Waals surface area contributed by atoms with Gasteiger partial charge in [-0.15, -0.1) is 0 Å². The smallest absolute Gasteiger partial charge is 0.248 e. The van der Waals surface area contributed by atoms with Gasteiger partial charge >= 0.3 is 0 Å². The summed E-state index contributed by atoms with van der Waals surface area (Å²) < 4.78 is 0. The van der Waals surface area contributed by atoms with Crippen LogP contribution in [0.4, 0.5) is 0 Å². The van der Waals surface area contributed by atoms with Crippen LogP contribution in [-0.2, 0) is 117 Å². The third-order valence-corrected chi connectivity index (χ3v) is 23.0. The number of aliphatic hydroxyl groups is 1. The highest BCUT2D eigenvalue weighted by Crippen LogP contribution is 2.25. The van der Waals surface area contributed by atoms with Crippen molar-refractivity contribution in [3.8, 4) is 0 Å². The van der Waals surface area contributed by atoms with Crippen molar-refractivity contribution < 1.29 is 115 Å². The van der Waals surface area contributed by atoms with Crippen molar-refractivity contribution in [2.75, 3.05) is 19.7 Å². The number of nitrogens with two attached hydrogens (primary N) is 3. The maximum atomic E-state index is 14.6. The number of hydrogen-bond acceptors (Lipinski definition) is 24. The van der Waals surface area contributed by atoms with Crippen molar-refractivity contribution >= 4 is 136 Å². The Kier molecular flexibility index (Phi) is 45.3. The maximum Gasteiger partial charge on any atom is 0.248 e. The van der Waals surface area contributed by atoms with Gasteiger partial charge in [-0.3, -0.25) is 110 Å². The summed E-state index contributed by atoms with van der Waals surface area (Å²) in [6.45, 7) is 36.4. The normalized spacial score (nSPS) is 15.5. The number of benzene rings is 1. The van der Waals surface area contributed by atoms with Gasteiger partial charge in [-0.05, 0) is 206 Å².